The van der Waals surface area contributed by atoms with E-state index in [9.17, 15) is 19.5 Å². The van der Waals surface area contributed by atoms with Crippen LogP contribution in [0.1, 0.15) is 24.4 Å². The average molecular weight is 355 g/mol. The highest BCUT2D eigenvalue weighted by Gasteiger charge is 2.40. The first-order valence-electron chi connectivity index (χ1n) is 6.57. The zero-order chi connectivity index (χ0) is 17.1. The molecule has 0 saturated carbocycles. The molecule has 1 aromatic rings. The summed E-state index contributed by atoms with van der Waals surface area (Å²) >= 11 is 6.04. The van der Waals surface area contributed by atoms with Crippen LogP contribution in [0, 0.1) is 6.92 Å². The molecule has 2 N–H and O–H groups in total. The summed E-state index contributed by atoms with van der Waals surface area (Å²) in [6, 6.07) is 2.11. The van der Waals surface area contributed by atoms with Crippen LogP contribution in [0.2, 0.25) is 0 Å². The minimum absolute atomic E-state index is 0.0855. The number of furan rings is 1. The third-order valence-electron chi connectivity index (χ3n) is 3.09. The van der Waals surface area contributed by atoms with Crippen LogP contribution >= 0.6 is 24.0 Å². The van der Waals surface area contributed by atoms with E-state index < -0.39 is 23.9 Å². The molecule has 9 heteroatoms. The molecule has 1 aliphatic rings. The predicted molar refractivity (Wildman–Crippen MR) is 86.8 cm³/mol. The van der Waals surface area contributed by atoms with Gasteiger partial charge in [-0.25, -0.2) is 4.79 Å². The van der Waals surface area contributed by atoms with E-state index in [1.165, 1.54) is 6.08 Å². The SMILES string of the molecule is Cc1ccc(/C=C2/SC(=S)N([C@H](CCC(=O)O)C(=O)O)C2=O)o1. The van der Waals surface area contributed by atoms with Crippen LogP contribution < -0.4 is 0 Å². The molecule has 0 radical (unpaired) electrons. The van der Waals surface area contributed by atoms with Gasteiger partial charge in [-0.1, -0.05) is 24.0 Å². The van der Waals surface area contributed by atoms with Crippen molar-refractivity contribution < 1.29 is 29.0 Å². The Hall–Kier alpha value is -2.13. The van der Waals surface area contributed by atoms with Crippen LogP contribution in [0.3, 0.4) is 0 Å². The minimum Gasteiger partial charge on any atom is -0.481 e. The number of carbonyl (C=O) groups excluding carboxylic acids is 1. The number of carboxylic acids is 2. The first kappa shape index (κ1) is 17.2. The number of thiocarbonyl (C=S) groups is 1. The van der Waals surface area contributed by atoms with Gasteiger partial charge in [0.05, 0.1) is 4.91 Å². The second-order valence-corrected chi connectivity index (χ2v) is 6.46. The fourth-order valence-corrected chi connectivity index (χ4v) is 3.37. The first-order chi connectivity index (χ1) is 10.8. The van der Waals surface area contributed by atoms with Crippen molar-refractivity contribution in [2.24, 2.45) is 0 Å². The molecule has 23 heavy (non-hydrogen) atoms. The summed E-state index contributed by atoms with van der Waals surface area (Å²) in [6.07, 6.45) is 0.900. The quantitative estimate of drug-likeness (QED) is 0.590. The second kappa shape index (κ2) is 6.97. The van der Waals surface area contributed by atoms with Gasteiger partial charge in [0.25, 0.3) is 5.91 Å². The van der Waals surface area contributed by atoms with Crippen LogP contribution in [0.4, 0.5) is 0 Å². The summed E-state index contributed by atoms with van der Waals surface area (Å²) in [5.41, 5.74) is 0. The average Bonchev–Trinajstić information content (AvgIpc) is 2.96. The van der Waals surface area contributed by atoms with Crippen LogP contribution in [-0.4, -0.2) is 43.3 Å². The predicted octanol–water partition coefficient (Wildman–Crippen LogP) is 2.11. The summed E-state index contributed by atoms with van der Waals surface area (Å²) in [7, 11) is 0. The molecule has 1 atom stereocenters. The molecule has 7 nitrogen and oxygen atoms in total. The van der Waals surface area contributed by atoms with Crippen molar-refractivity contribution in [3.63, 3.8) is 0 Å². The number of amides is 1. The normalized spacial score (nSPS) is 17.8. The number of thioether (sulfide) groups is 1. The third-order valence-corrected chi connectivity index (χ3v) is 4.42. The van der Waals surface area contributed by atoms with E-state index in [0.29, 0.717) is 11.5 Å². The molecular formula is C14H13NO6S2. The Labute approximate surface area is 140 Å². The number of aliphatic carboxylic acids is 2. The lowest BCUT2D eigenvalue weighted by Gasteiger charge is -2.22. The Morgan fingerprint density at radius 2 is 2.13 bits per heavy atom. The molecule has 2 rings (SSSR count). The Kier molecular flexibility index (Phi) is 5.22. The van der Waals surface area contributed by atoms with Crippen molar-refractivity contribution in [3.8, 4) is 0 Å². The maximum atomic E-state index is 12.4. The van der Waals surface area contributed by atoms with E-state index >= 15 is 0 Å². The topological polar surface area (TPSA) is 108 Å². The number of carbonyl (C=O) groups is 3. The summed E-state index contributed by atoms with van der Waals surface area (Å²) in [4.78, 5) is 35.6. The largest absolute Gasteiger partial charge is 0.481 e. The van der Waals surface area contributed by atoms with Gasteiger partial charge in [0, 0.05) is 12.5 Å². The van der Waals surface area contributed by atoms with E-state index in [-0.39, 0.29) is 22.1 Å². The lowest BCUT2D eigenvalue weighted by Crippen LogP contribution is -2.44. The van der Waals surface area contributed by atoms with Crippen molar-refractivity contribution in [3.05, 3.63) is 28.6 Å². The minimum atomic E-state index is -1.30. The lowest BCUT2D eigenvalue weighted by atomic mass is 10.1. The zero-order valence-corrected chi connectivity index (χ0v) is 13.6. The van der Waals surface area contributed by atoms with Gasteiger partial charge in [-0.05, 0) is 25.5 Å². The Bertz CT molecular complexity index is 708. The molecule has 1 fully saturated rings. The molecule has 0 aliphatic carbocycles. The molecule has 0 unspecified atom stereocenters. The lowest BCUT2D eigenvalue weighted by molar-refractivity contribution is -0.146. The number of nitrogens with zero attached hydrogens (tertiary/aromatic N) is 1. The van der Waals surface area contributed by atoms with Gasteiger partial charge in [-0.15, -0.1) is 0 Å². The van der Waals surface area contributed by atoms with Gasteiger partial charge in [0.2, 0.25) is 0 Å². The van der Waals surface area contributed by atoms with Gasteiger partial charge >= 0.3 is 11.9 Å². The summed E-state index contributed by atoms with van der Waals surface area (Å²) in [6.45, 7) is 1.76. The smallest absolute Gasteiger partial charge is 0.326 e. The molecule has 0 bridgehead atoms. The number of hydrogen-bond donors (Lipinski definition) is 2. The van der Waals surface area contributed by atoms with Crippen LogP contribution in [0.15, 0.2) is 21.5 Å². The standard InChI is InChI=1S/C14H13NO6S2/c1-7-2-3-8(21-7)6-10-12(18)15(14(22)23-10)9(13(19)20)4-5-11(16)17/h2-3,6,9H,4-5H2,1H3,(H,16,17)(H,19,20)/b10-6+/t9-/m1/s1. The zero-order valence-electron chi connectivity index (χ0n) is 12.0. The number of rotatable bonds is 6. The van der Waals surface area contributed by atoms with Crippen molar-refractivity contribution >= 4 is 52.2 Å². The molecule has 1 aromatic heterocycles. The second-order valence-electron chi connectivity index (χ2n) is 4.79. The summed E-state index contributed by atoms with van der Waals surface area (Å²) in [5.74, 6) is -1.86. The number of aryl methyl sites for hydroxylation is 1. The monoisotopic (exact) mass is 355 g/mol. The van der Waals surface area contributed by atoms with Crippen molar-refractivity contribution in [2.45, 2.75) is 25.8 Å². The molecule has 2 heterocycles. The van der Waals surface area contributed by atoms with E-state index in [2.05, 4.69) is 0 Å². The molecular weight excluding hydrogens is 342 g/mol. The molecule has 0 spiro atoms. The third kappa shape index (κ3) is 3.99. The highest BCUT2D eigenvalue weighted by atomic mass is 32.2. The highest BCUT2D eigenvalue weighted by Crippen LogP contribution is 2.35. The van der Waals surface area contributed by atoms with Gasteiger partial charge < -0.3 is 14.6 Å². The van der Waals surface area contributed by atoms with Gasteiger partial charge in [-0.3, -0.25) is 14.5 Å². The molecule has 1 amide bonds. The Morgan fingerprint density at radius 3 is 2.65 bits per heavy atom. The van der Waals surface area contributed by atoms with Crippen molar-refractivity contribution in [1.29, 1.82) is 0 Å². The molecule has 122 valence electrons. The van der Waals surface area contributed by atoms with E-state index in [1.807, 2.05) is 0 Å². The van der Waals surface area contributed by atoms with Gasteiger partial charge in [0.1, 0.15) is 21.9 Å². The fraction of sp³-hybridized carbons (Fsp3) is 0.286. The van der Waals surface area contributed by atoms with Crippen molar-refractivity contribution in [1.82, 2.24) is 4.90 Å². The molecule has 0 aromatic carbocycles. The Balaban J connectivity index is 2.24. The van der Waals surface area contributed by atoms with E-state index in [0.717, 1.165) is 16.7 Å². The van der Waals surface area contributed by atoms with Gasteiger partial charge in [-0.2, -0.15) is 0 Å². The van der Waals surface area contributed by atoms with E-state index in [4.69, 9.17) is 21.7 Å². The fourth-order valence-electron chi connectivity index (χ4n) is 2.03. The van der Waals surface area contributed by atoms with Crippen LogP contribution in [-0.2, 0) is 14.4 Å². The number of hydrogen-bond acceptors (Lipinski definition) is 6. The molecule has 1 saturated heterocycles. The number of carboxylic acid groups (broad SMARTS) is 2. The van der Waals surface area contributed by atoms with Crippen molar-refractivity contribution in [2.75, 3.05) is 0 Å². The first-order valence-corrected chi connectivity index (χ1v) is 7.80. The van der Waals surface area contributed by atoms with E-state index in [1.54, 1.807) is 19.1 Å². The van der Waals surface area contributed by atoms with Crippen LogP contribution in [0.5, 0.6) is 0 Å². The highest BCUT2D eigenvalue weighted by molar-refractivity contribution is 8.26. The maximum Gasteiger partial charge on any atom is 0.326 e. The van der Waals surface area contributed by atoms with Crippen LogP contribution in [0.25, 0.3) is 6.08 Å². The molecule has 1 aliphatic heterocycles. The Morgan fingerprint density at radius 1 is 1.43 bits per heavy atom. The summed E-state index contributed by atoms with van der Waals surface area (Å²) in [5, 5.41) is 18.0. The maximum absolute atomic E-state index is 12.4. The summed E-state index contributed by atoms with van der Waals surface area (Å²) < 4.78 is 5.44. The van der Waals surface area contributed by atoms with Gasteiger partial charge in [0.15, 0.2) is 0 Å².